The van der Waals surface area contributed by atoms with Crippen LogP contribution in [0.5, 0.6) is 5.75 Å². The first-order chi connectivity index (χ1) is 9.60. The molecule has 106 valence electrons. The van der Waals surface area contributed by atoms with E-state index in [9.17, 15) is 0 Å². The molecule has 2 rings (SSSR count). The van der Waals surface area contributed by atoms with Crippen LogP contribution in [-0.2, 0) is 13.2 Å². The van der Waals surface area contributed by atoms with Gasteiger partial charge in [-0.3, -0.25) is 0 Å². The SMILES string of the molecule is C[C@H](N)c1cc(Br)ccc1OCc1ccc(CO)cc1. The summed E-state index contributed by atoms with van der Waals surface area (Å²) in [6.07, 6.45) is 0. The summed E-state index contributed by atoms with van der Waals surface area (Å²) in [7, 11) is 0. The Balaban J connectivity index is 2.10. The predicted molar refractivity (Wildman–Crippen MR) is 83.4 cm³/mol. The van der Waals surface area contributed by atoms with Crippen LogP contribution in [0, 0.1) is 0 Å². The van der Waals surface area contributed by atoms with Gasteiger partial charge >= 0.3 is 0 Å². The number of nitrogens with two attached hydrogens (primary N) is 1. The summed E-state index contributed by atoms with van der Waals surface area (Å²) < 4.78 is 6.84. The molecule has 0 aliphatic heterocycles. The molecular weight excluding hydrogens is 318 g/mol. The third kappa shape index (κ3) is 3.82. The number of halogens is 1. The molecule has 0 aliphatic carbocycles. The van der Waals surface area contributed by atoms with Crippen molar-refractivity contribution in [1.82, 2.24) is 0 Å². The summed E-state index contributed by atoms with van der Waals surface area (Å²) in [4.78, 5) is 0. The Kier molecular flexibility index (Phi) is 5.17. The monoisotopic (exact) mass is 335 g/mol. The molecule has 0 radical (unpaired) electrons. The molecule has 0 heterocycles. The zero-order valence-corrected chi connectivity index (χ0v) is 12.9. The van der Waals surface area contributed by atoms with Crippen molar-refractivity contribution in [2.24, 2.45) is 5.73 Å². The molecule has 0 aromatic heterocycles. The van der Waals surface area contributed by atoms with E-state index in [2.05, 4.69) is 15.9 Å². The topological polar surface area (TPSA) is 55.5 Å². The molecule has 4 heteroatoms. The minimum Gasteiger partial charge on any atom is -0.489 e. The maximum Gasteiger partial charge on any atom is 0.124 e. The first-order valence-electron chi connectivity index (χ1n) is 6.46. The molecule has 1 atom stereocenters. The lowest BCUT2D eigenvalue weighted by atomic mass is 10.1. The molecule has 0 saturated heterocycles. The number of aliphatic hydroxyl groups is 1. The highest BCUT2D eigenvalue weighted by Gasteiger charge is 2.09. The second kappa shape index (κ2) is 6.88. The summed E-state index contributed by atoms with van der Waals surface area (Å²) in [5.74, 6) is 0.800. The number of ether oxygens (including phenoxy) is 1. The molecule has 0 spiro atoms. The normalized spacial score (nSPS) is 12.2. The van der Waals surface area contributed by atoms with Gasteiger partial charge in [0.2, 0.25) is 0 Å². The molecule has 3 N–H and O–H groups in total. The third-order valence-corrected chi connectivity index (χ3v) is 3.56. The Hall–Kier alpha value is -1.36. The van der Waals surface area contributed by atoms with Gasteiger partial charge in [0.1, 0.15) is 12.4 Å². The Morgan fingerprint density at radius 3 is 2.40 bits per heavy atom. The van der Waals surface area contributed by atoms with Crippen LogP contribution in [0.25, 0.3) is 0 Å². The van der Waals surface area contributed by atoms with E-state index in [-0.39, 0.29) is 12.6 Å². The predicted octanol–water partition coefficient (Wildman–Crippen LogP) is 3.54. The van der Waals surface area contributed by atoms with E-state index in [0.29, 0.717) is 6.61 Å². The number of hydrogen-bond donors (Lipinski definition) is 2. The highest BCUT2D eigenvalue weighted by molar-refractivity contribution is 9.10. The average Bonchev–Trinajstić information content (AvgIpc) is 2.46. The van der Waals surface area contributed by atoms with E-state index in [1.165, 1.54) is 0 Å². The van der Waals surface area contributed by atoms with E-state index >= 15 is 0 Å². The smallest absolute Gasteiger partial charge is 0.124 e. The molecule has 0 amide bonds. The van der Waals surface area contributed by atoms with Crippen LogP contribution in [-0.4, -0.2) is 5.11 Å². The van der Waals surface area contributed by atoms with Crippen LogP contribution >= 0.6 is 15.9 Å². The van der Waals surface area contributed by atoms with Gasteiger partial charge in [-0.15, -0.1) is 0 Å². The minimum atomic E-state index is -0.0840. The van der Waals surface area contributed by atoms with E-state index in [1.54, 1.807) is 0 Å². The van der Waals surface area contributed by atoms with Crippen LogP contribution < -0.4 is 10.5 Å². The Labute approximate surface area is 127 Å². The van der Waals surface area contributed by atoms with E-state index in [4.69, 9.17) is 15.6 Å². The fourth-order valence-corrected chi connectivity index (χ4v) is 2.29. The van der Waals surface area contributed by atoms with Crippen LogP contribution in [0.4, 0.5) is 0 Å². The van der Waals surface area contributed by atoms with Crippen molar-refractivity contribution in [3.8, 4) is 5.75 Å². The molecule has 2 aromatic carbocycles. The quantitative estimate of drug-likeness (QED) is 0.878. The maximum atomic E-state index is 9.01. The zero-order chi connectivity index (χ0) is 14.5. The second-order valence-corrected chi connectivity index (χ2v) is 5.65. The summed E-state index contributed by atoms with van der Waals surface area (Å²) >= 11 is 3.44. The fourth-order valence-electron chi connectivity index (χ4n) is 1.91. The lowest BCUT2D eigenvalue weighted by Crippen LogP contribution is -2.08. The largest absolute Gasteiger partial charge is 0.489 e. The summed E-state index contributed by atoms with van der Waals surface area (Å²) in [6.45, 7) is 2.47. The van der Waals surface area contributed by atoms with Crippen molar-refractivity contribution < 1.29 is 9.84 Å². The van der Waals surface area contributed by atoms with Crippen molar-refractivity contribution in [2.75, 3.05) is 0 Å². The van der Waals surface area contributed by atoms with Gasteiger partial charge in [-0.05, 0) is 36.2 Å². The molecule has 0 fully saturated rings. The highest BCUT2D eigenvalue weighted by Crippen LogP contribution is 2.28. The minimum absolute atomic E-state index is 0.0582. The molecule has 20 heavy (non-hydrogen) atoms. The van der Waals surface area contributed by atoms with Crippen LogP contribution in [0.3, 0.4) is 0 Å². The van der Waals surface area contributed by atoms with Gasteiger partial charge in [-0.25, -0.2) is 0 Å². The molecule has 0 unspecified atom stereocenters. The molecule has 0 bridgehead atoms. The van der Waals surface area contributed by atoms with E-state index in [0.717, 1.165) is 26.9 Å². The van der Waals surface area contributed by atoms with Gasteiger partial charge in [0, 0.05) is 16.1 Å². The van der Waals surface area contributed by atoms with Gasteiger partial charge in [0.15, 0.2) is 0 Å². The number of hydrogen-bond acceptors (Lipinski definition) is 3. The van der Waals surface area contributed by atoms with Crippen molar-refractivity contribution in [2.45, 2.75) is 26.2 Å². The van der Waals surface area contributed by atoms with Gasteiger partial charge in [-0.2, -0.15) is 0 Å². The molecule has 0 saturated carbocycles. The molecule has 3 nitrogen and oxygen atoms in total. The Bertz CT molecular complexity index is 567. The Morgan fingerprint density at radius 2 is 1.80 bits per heavy atom. The van der Waals surface area contributed by atoms with Crippen molar-refractivity contribution in [3.63, 3.8) is 0 Å². The summed E-state index contributed by atoms with van der Waals surface area (Å²) in [6, 6.07) is 13.5. The first kappa shape index (κ1) is 15.0. The lowest BCUT2D eigenvalue weighted by molar-refractivity contribution is 0.281. The van der Waals surface area contributed by atoms with Crippen molar-refractivity contribution in [3.05, 3.63) is 63.6 Å². The van der Waals surface area contributed by atoms with Crippen molar-refractivity contribution >= 4 is 15.9 Å². The average molecular weight is 336 g/mol. The number of rotatable bonds is 5. The third-order valence-electron chi connectivity index (χ3n) is 3.06. The van der Waals surface area contributed by atoms with Crippen LogP contribution in [0.2, 0.25) is 0 Å². The van der Waals surface area contributed by atoms with E-state index < -0.39 is 0 Å². The fraction of sp³-hybridized carbons (Fsp3) is 0.250. The zero-order valence-electron chi connectivity index (χ0n) is 11.3. The van der Waals surface area contributed by atoms with Crippen molar-refractivity contribution in [1.29, 1.82) is 0 Å². The van der Waals surface area contributed by atoms with E-state index in [1.807, 2.05) is 49.4 Å². The molecule has 2 aromatic rings. The molecule has 0 aliphatic rings. The number of benzene rings is 2. The summed E-state index contributed by atoms with van der Waals surface area (Å²) in [5.41, 5.74) is 8.89. The second-order valence-electron chi connectivity index (χ2n) is 4.73. The lowest BCUT2D eigenvalue weighted by Gasteiger charge is -2.14. The van der Waals surface area contributed by atoms with Crippen LogP contribution in [0.15, 0.2) is 46.9 Å². The van der Waals surface area contributed by atoms with Crippen LogP contribution in [0.1, 0.15) is 29.7 Å². The van der Waals surface area contributed by atoms with Gasteiger partial charge < -0.3 is 15.6 Å². The summed E-state index contributed by atoms with van der Waals surface area (Å²) in [5, 5.41) is 9.01. The highest BCUT2D eigenvalue weighted by atomic mass is 79.9. The van der Waals surface area contributed by atoms with Gasteiger partial charge in [0.25, 0.3) is 0 Å². The standard InChI is InChI=1S/C16H18BrNO2/c1-11(18)15-8-14(17)6-7-16(15)20-10-13-4-2-12(9-19)3-5-13/h2-8,11,19H,9-10,18H2,1H3/t11-/m0/s1. The Morgan fingerprint density at radius 1 is 1.15 bits per heavy atom. The molecular formula is C16H18BrNO2. The maximum absolute atomic E-state index is 9.01. The van der Waals surface area contributed by atoms with Gasteiger partial charge in [0.05, 0.1) is 6.61 Å². The number of aliphatic hydroxyl groups excluding tert-OH is 1. The van der Waals surface area contributed by atoms with Gasteiger partial charge in [-0.1, -0.05) is 40.2 Å². The first-order valence-corrected chi connectivity index (χ1v) is 7.26.